The molecule has 6 heteroatoms. The van der Waals surface area contributed by atoms with Gasteiger partial charge >= 0.3 is 0 Å². The Hall–Kier alpha value is -2.11. The van der Waals surface area contributed by atoms with Crippen molar-refractivity contribution in [2.75, 3.05) is 13.1 Å². The summed E-state index contributed by atoms with van der Waals surface area (Å²) < 4.78 is 5.22. The monoisotopic (exact) mass is 330 g/mol. The largest absolute Gasteiger partial charge is 0.361 e. The number of amides is 1. The average Bonchev–Trinajstić information content (AvgIpc) is 3.24. The van der Waals surface area contributed by atoms with Crippen LogP contribution in [0.4, 0.5) is 0 Å². The molecular formula is C18H26N4O2. The Kier molecular flexibility index (Phi) is 5.02. The predicted molar refractivity (Wildman–Crippen MR) is 91.1 cm³/mol. The zero-order valence-electron chi connectivity index (χ0n) is 14.7. The molecule has 1 N–H and O–H groups in total. The van der Waals surface area contributed by atoms with E-state index in [1.165, 1.54) is 5.69 Å². The van der Waals surface area contributed by atoms with Gasteiger partial charge in [-0.1, -0.05) is 25.9 Å². The molecule has 0 unspecified atom stereocenters. The number of rotatable bonds is 5. The Labute approximate surface area is 142 Å². The standard InChI is InChI=1S/C18H26N4O2/c1-4-5-14-10-17(21-24-14)18(23)22-8-6-13(7-9-22)16-11-15(12(2)3)19-20-16/h10-13H,4-9H2,1-3H3,(H,19,20). The molecule has 1 fully saturated rings. The molecule has 1 saturated heterocycles. The lowest BCUT2D eigenvalue weighted by Crippen LogP contribution is -2.38. The van der Waals surface area contributed by atoms with Gasteiger partial charge in [-0.3, -0.25) is 9.89 Å². The smallest absolute Gasteiger partial charge is 0.276 e. The van der Waals surface area contributed by atoms with Crippen molar-refractivity contribution in [3.05, 3.63) is 35.0 Å². The van der Waals surface area contributed by atoms with Gasteiger partial charge < -0.3 is 9.42 Å². The van der Waals surface area contributed by atoms with Crippen molar-refractivity contribution in [1.82, 2.24) is 20.3 Å². The number of hydrogen-bond acceptors (Lipinski definition) is 4. The molecule has 0 saturated carbocycles. The van der Waals surface area contributed by atoms with Gasteiger partial charge in [-0.15, -0.1) is 0 Å². The normalized spacial score (nSPS) is 16.1. The number of carbonyl (C=O) groups is 1. The number of H-pyrrole nitrogens is 1. The summed E-state index contributed by atoms with van der Waals surface area (Å²) in [5.41, 5.74) is 2.73. The minimum Gasteiger partial charge on any atom is -0.361 e. The molecule has 3 rings (SSSR count). The molecule has 1 aliphatic rings. The van der Waals surface area contributed by atoms with Crippen LogP contribution in [0.5, 0.6) is 0 Å². The molecule has 1 amide bonds. The number of likely N-dealkylation sites (tertiary alicyclic amines) is 1. The summed E-state index contributed by atoms with van der Waals surface area (Å²) in [6, 6.07) is 3.95. The predicted octanol–water partition coefficient (Wildman–Crippen LogP) is 3.49. The van der Waals surface area contributed by atoms with Crippen LogP contribution in [0.15, 0.2) is 16.7 Å². The minimum atomic E-state index is -0.0213. The summed E-state index contributed by atoms with van der Waals surface area (Å²) in [6.07, 6.45) is 3.70. The van der Waals surface area contributed by atoms with Crippen LogP contribution in [0.3, 0.4) is 0 Å². The van der Waals surface area contributed by atoms with Crippen LogP contribution < -0.4 is 0 Å². The topological polar surface area (TPSA) is 75.0 Å². The molecule has 130 valence electrons. The highest BCUT2D eigenvalue weighted by atomic mass is 16.5. The van der Waals surface area contributed by atoms with Gasteiger partial charge in [-0.25, -0.2) is 0 Å². The third-order valence-corrected chi connectivity index (χ3v) is 4.71. The molecule has 0 aromatic carbocycles. The molecule has 0 spiro atoms. The number of aromatic nitrogens is 3. The van der Waals surface area contributed by atoms with E-state index in [4.69, 9.17) is 4.52 Å². The molecule has 2 aromatic rings. The lowest BCUT2D eigenvalue weighted by atomic mass is 9.92. The van der Waals surface area contributed by atoms with E-state index in [0.717, 1.165) is 50.2 Å². The van der Waals surface area contributed by atoms with E-state index in [1.807, 2.05) is 4.90 Å². The molecule has 3 heterocycles. The number of hydrogen-bond donors (Lipinski definition) is 1. The van der Waals surface area contributed by atoms with Crippen molar-refractivity contribution in [3.63, 3.8) is 0 Å². The van der Waals surface area contributed by atoms with Crippen LogP contribution in [-0.4, -0.2) is 39.3 Å². The Morgan fingerprint density at radius 1 is 1.38 bits per heavy atom. The number of nitrogens with one attached hydrogen (secondary N) is 1. The molecule has 6 nitrogen and oxygen atoms in total. The number of carbonyl (C=O) groups excluding carboxylic acids is 1. The van der Waals surface area contributed by atoms with Crippen LogP contribution in [-0.2, 0) is 6.42 Å². The fourth-order valence-electron chi connectivity index (χ4n) is 3.19. The van der Waals surface area contributed by atoms with E-state index in [1.54, 1.807) is 6.07 Å². The van der Waals surface area contributed by atoms with Crippen molar-refractivity contribution in [2.24, 2.45) is 0 Å². The van der Waals surface area contributed by atoms with Gasteiger partial charge in [0.05, 0.1) is 5.69 Å². The van der Waals surface area contributed by atoms with Crippen molar-refractivity contribution >= 4 is 5.91 Å². The molecule has 1 aliphatic heterocycles. The molecule has 0 bridgehead atoms. The van der Waals surface area contributed by atoms with Crippen molar-refractivity contribution < 1.29 is 9.32 Å². The fraction of sp³-hybridized carbons (Fsp3) is 0.611. The third-order valence-electron chi connectivity index (χ3n) is 4.71. The van der Waals surface area contributed by atoms with E-state index in [-0.39, 0.29) is 5.91 Å². The highest BCUT2D eigenvalue weighted by Crippen LogP contribution is 2.29. The maximum Gasteiger partial charge on any atom is 0.276 e. The maximum absolute atomic E-state index is 12.5. The van der Waals surface area contributed by atoms with Crippen LogP contribution >= 0.6 is 0 Å². The van der Waals surface area contributed by atoms with E-state index in [9.17, 15) is 4.79 Å². The van der Waals surface area contributed by atoms with Gasteiger partial charge in [0, 0.05) is 37.2 Å². The summed E-state index contributed by atoms with van der Waals surface area (Å²) in [4.78, 5) is 14.4. The molecule has 0 aliphatic carbocycles. The lowest BCUT2D eigenvalue weighted by Gasteiger charge is -2.30. The van der Waals surface area contributed by atoms with Gasteiger partial charge in [0.1, 0.15) is 5.76 Å². The summed E-state index contributed by atoms with van der Waals surface area (Å²) >= 11 is 0. The van der Waals surface area contributed by atoms with Crippen LogP contribution in [0, 0.1) is 0 Å². The summed E-state index contributed by atoms with van der Waals surface area (Å²) in [5, 5.41) is 11.5. The van der Waals surface area contributed by atoms with Crippen molar-refractivity contribution in [2.45, 2.75) is 58.3 Å². The van der Waals surface area contributed by atoms with Crippen LogP contribution in [0.1, 0.15) is 79.5 Å². The summed E-state index contributed by atoms with van der Waals surface area (Å²) in [5.74, 6) is 1.64. The lowest BCUT2D eigenvalue weighted by molar-refractivity contribution is 0.0701. The Morgan fingerprint density at radius 2 is 2.12 bits per heavy atom. The average molecular weight is 330 g/mol. The van der Waals surface area contributed by atoms with E-state index in [2.05, 4.69) is 42.2 Å². The van der Waals surface area contributed by atoms with E-state index < -0.39 is 0 Å². The first-order chi connectivity index (χ1) is 11.6. The van der Waals surface area contributed by atoms with Crippen LogP contribution in [0.25, 0.3) is 0 Å². The van der Waals surface area contributed by atoms with E-state index in [0.29, 0.717) is 17.5 Å². The molecule has 2 aromatic heterocycles. The molecular weight excluding hydrogens is 304 g/mol. The number of aryl methyl sites for hydroxylation is 1. The second-order valence-corrected chi connectivity index (χ2v) is 6.90. The van der Waals surface area contributed by atoms with Gasteiger partial charge in [0.2, 0.25) is 0 Å². The van der Waals surface area contributed by atoms with Crippen molar-refractivity contribution in [3.8, 4) is 0 Å². The highest BCUT2D eigenvalue weighted by molar-refractivity contribution is 5.92. The third kappa shape index (κ3) is 3.52. The SMILES string of the molecule is CCCc1cc(C(=O)N2CCC(c3cc(C(C)C)n[nH]3)CC2)no1. The molecule has 0 atom stereocenters. The minimum absolute atomic E-state index is 0.0213. The molecule has 24 heavy (non-hydrogen) atoms. The van der Waals surface area contributed by atoms with Gasteiger partial charge in [-0.05, 0) is 31.2 Å². The maximum atomic E-state index is 12.5. The quantitative estimate of drug-likeness (QED) is 0.910. The Morgan fingerprint density at radius 3 is 2.75 bits per heavy atom. The second kappa shape index (κ2) is 7.20. The van der Waals surface area contributed by atoms with Crippen LogP contribution in [0.2, 0.25) is 0 Å². The fourth-order valence-corrected chi connectivity index (χ4v) is 3.19. The number of piperidine rings is 1. The highest BCUT2D eigenvalue weighted by Gasteiger charge is 2.27. The first-order valence-electron chi connectivity index (χ1n) is 8.88. The first-order valence-corrected chi connectivity index (χ1v) is 8.88. The van der Waals surface area contributed by atoms with Gasteiger partial charge in [0.25, 0.3) is 5.91 Å². The number of aromatic amines is 1. The Balaban J connectivity index is 1.58. The summed E-state index contributed by atoms with van der Waals surface area (Å²) in [7, 11) is 0. The summed E-state index contributed by atoms with van der Waals surface area (Å²) in [6.45, 7) is 7.86. The second-order valence-electron chi connectivity index (χ2n) is 6.90. The zero-order valence-corrected chi connectivity index (χ0v) is 14.7. The van der Waals surface area contributed by atoms with Crippen molar-refractivity contribution in [1.29, 1.82) is 0 Å². The zero-order chi connectivity index (χ0) is 17.1. The Bertz CT molecular complexity index is 681. The van der Waals surface area contributed by atoms with Gasteiger partial charge in [-0.2, -0.15) is 5.10 Å². The van der Waals surface area contributed by atoms with Gasteiger partial charge in [0.15, 0.2) is 5.69 Å². The molecule has 0 radical (unpaired) electrons. The first kappa shape index (κ1) is 16.7. The number of nitrogens with zero attached hydrogens (tertiary/aromatic N) is 3. The van der Waals surface area contributed by atoms with E-state index >= 15 is 0 Å².